The standard InChI is InChI=1S/C16H20N2O4/c1-17(11-15(20)21)16(22)13-9-14(19)18(10-13)8-7-12-5-3-2-4-6-12/h2-6,13H,7-11H2,1H3,(H,20,21)/t13-/m0/s1. The molecule has 118 valence electrons. The number of hydrogen-bond donors (Lipinski definition) is 1. The quantitative estimate of drug-likeness (QED) is 0.836. The van der Waals surface area contributed by atoms with Gasteiger partial charge in [0.15, 0.2) is 0 Å². The van der Waals surface area contributed by atoms with Crippen molar-refractivity contribution in [2.24, 2.45) is 5.92 Å². The Kier molecular flexibility index (Phi) is 5.14. The number of likely N-dealkylation sites (N-methyl/N-ethyl adjacent to an activating group) is 1. The van der Waals surface area contributed by atoms with E-state index in [0.29, 0.717) is 13.1 Å². The molecule has 6 heteroatoms. The molecule has 1 heterocycles. The van der Waals surface area contributed by atoms with Crippen LogP contribution in [-0.4, -0.2) is 59.4 Å². The van der Waals surface area contributed by atoms with Crippen LogP contribution in [-0.2, 0) is 20.8 Å². The first kappa shape index (κ1) is 16.0. The summed E-state index contributed by atoms with van der Waals surface area (Å²) >= 11 is 0. The predicted octanol–water partition coefficient (Wildman–Crippen LogP) is 0.621. The molecule has 0 radical (unpaired) electrons. The summed E-state index contributed by atoms with van der Waals surface area (Å²) in [5, 5.41) is 8.72. The molecule has 1 aliphatic heterocycles. The van der Waals surface area contributed by atoms with Gasteiger partial charge in [-0.1, -0.05) is 30.3 Å². The Morgan fingerprint density at radius 2 is 2.00 bits per heavy atom. The maximum absolute atomic E-state index is 12.1. The molecule has 0 saturated carbocycles. The first-order valence-electron chi connectivity index (χ1n) is 7.26. The minimum atomic E-state index is -1.05. The molecule has 0 unspecified atom stereocenters. The third kappa shape index (κ3) is 4.07. The Morgan fingerprint density at radius 3 is 2.64 bits per heavy atom. The van der Waals surface area contributed by atoms with Crippen molar-refractivity contribution in [3.63, 3.8) is 0 Å². The van der Waals surface area contributed by atoms with Crippen molar-refractivity contribution in [2.45, 2.75) is 12.8 Å². The molecule has 2 amide bonds. The smallest absolute Gasteiger partial charge is 0.323 e. The number of aliphatic carboxylic acids is 1. The number of carboxylic acids is 1. The summed E-state index contributed by atoms with van der Waals surface area (Å²) in [6, 6.07) is 9.85. The van der Waals surface area contributed by atoms with Crippen LogP contribution in [0.5, 0.6) is 0 Å². The second kappa shape index (κ2) is 7.06. The monoisotopic (exact) mass is 304 g/mol. The third-order valence-corrected chi connectivity index (χ3v) is 3.83. The SMILES string of the molecule is CN(CC(=O)O)C(=O)[C@H]1CC(=O)N(CCc2ccccc2)C1. The highest BCUT2D eigenvalue weighted by atomic mass is 16.4. The number of carbonyl (C=O) groups is 3. The number of hydrogen-bond acceptors (Lipinski definition) is 3. The molecule has 1 fully saturated rings. The molecule has 1 atom stereocenters. The number of nitrogens with zero attached hydrogens (tertiary/aromatic N) is 2. The summed E-state index contributed by atoms with van der Waals surface area (Å²) in [6.07, 6.45) is 0.913. The van der Waals surface area contributed by atoms with Crippen LogP contribution < -0.4 is 0 Å². The molecule has 0 aromatic heterocycles. The highest BCUT2D eigenvalue weighted by Gasteiger charge is 2.35. The van der Waals surface area contributed by atoms with E-state index in [0.717, 1.165) is 12.0 Å². The summed E-state index contributed by atoms with van der Waals surface area (Å²) in [4.78, 5) is 37.6. The summed E-state index contributed by atoms with van der Waals surface area (Å²) in [6.45, 7) is 0.608. The van der Waals surface area contributed by atoms with E-state index in [9.17, 15) is 14.4 Å². The maximum atomic E-state index is 12.1. The molecular formula is C16H20N2O4. The van der Waals surface area contributed by atoms with Gasteiger partial charge in [-0.3, -0.25) is 14.4 Å². The van der Waals surface area contributed by atoms with Crippen molar-refractivity contribution >= 4 is 17.8 Å². The zero-order chi connectivity index (χ0) is 16.1. The van der Waals surface area contributed by atoms with Gasteiger partial charge in [0.2, 0.25) is 11.8 Å². The van der Waals surface area contributed by atoms with Gasteiger partial charge in [0.05, 0.1) is 5.92 Å². The zero-order valence-corrected chi connectivity index (χ0v) is 12.6. The van der Waals surface area contributed by atoms with Gasteiger partial charge in [0, 0.05) is 26.6 Å². The van der Waals surface area contributed by atoms with E-state index < -0.39 is 11.9 Å². The number of carboxylic acid groups (broad SMARTS) is 1. The Labute approximate surface area is 129 Å². The van der Waals surface area contributed by atoms with Gasteiger partial charge >= 0.3 is 5.97 Å². The fourth-order valence-electron chi connectivity index (χ4n) is 2.65. The second-order valence-corrected chi connectivity index (χ2v) is 5.56. The van der Waals surface area contributed by atoms with Crippen molar-refractivity contribution in [3.05, 3.63) is 35.9 Å². The minimum absolute atomic E-state index is 0.0435. The minimum Gasteiger partial charge on any atom is -0.480 e. The van der Waals surface area contributed by atoms with E-state index in [-0.39, 0.29) is 24.8 Å². The molecule has 1 aromatic carbocycles. The molecule has 6 nitrogen and oxygen atoms in total. The molecule has 1 saturated heterocycles. The van der Waals surface area contributed by atoms with Crippen LogP contribution in [0.4, 0.5) is 0 Å². The highest BCUT2D eigenvalue weighted by molar-refractivity contribution is 5.90. The zero-order valence-electron chi connectivity index (χ0n) is 12.6. The molecule has 1 aromatic rings. The van der Waals surface area contributed by atoms with Gasteiger partial charge < -0.3 is 14.9 Å². The fourth-order valence-corrected chi connectivity index (χ4v) is 2.65. The lowest BCUT2D eigenvalue weighted by atomic mass is 10.1. The Morgan fingerprint density at radius 1 is 1.32 bits per heavy atom. The molecule has 0 aliphatic carbocycles. The number of carbonyl (C=O) groups excluding carboxylic acids is 2. The van der Waals surface area contributed by atoms with Gasteiger partial charge in [0.1, 0.15) is 6.54 Å². The van der Waals surface area contributed by atoms with Gasteiger partial charge in [-0.2, -0.15) is 0 Å². The maximum Gasteiger partial charge on any atom is 0.323 e. The Balaban J connectivity index is 1.87. The van der Waals surface area contributed by atoms with Crippen LogP contribution in [0.3, 0.4) is 0 Å². The topological polar surface area (TPSA) is 77.9 Å². The van der Waals surface area contributed by atoms with E-state index in [4.69, 9.17) is 5.11 Å². The lowest BCUT2D eigenvalue weighted by Gasteiger charge is -2.20. The van der Waals surface area contributed by atoms with E-state index in [1.807, 2.05) is 30.3 Å². The van der Waals surface area contributed by atoms with Crippen molar-refractivity contribution in [2.75, 3.05) is 26.7 Å². The first-order chi connectivity index (χ1) is 10.5. The number of benzene rings is 1. The normalized spacial score (nSPS) is 17.6. The van der Waals surface area contributed by atoms with E-state index >= 15 is 0 Å². The van der Waals surface area contributed by atoms with Crippen LogP contribution in [0, 0.1) is 5.92 Å². The van der Waals surface area contributed by atoms with E-state index in [1.54, 1.807) is 4.90 Å². The van der Waals surface area contributed by atoms with E-state index in [1.165, 1.54) is 11.9 Å². The van der Waals surface area contributed by atoms with Crippen LogP contribution in [0.15, 0.2) is 30.3 Å². The Hall–Kier alpha value is -2.37. The summed E-state index contributed by atoms with van der Waals surface area (Å²) in [5.74, 6) is -1.82. The third-order valence-electron chi connectivity index (χ3n) is 3.83. The van der Waals surface area contributed by atoms with Gasteiger partial charge in [-0.25, -0.2) is 0 Å². The average molecular weight is 304 g/mol. The van der Waals surface area contributed by atoms with Crippen LogP contribution in [0.25, 0.3) is 0 Å². The van der Waals surface area contributed by atoms with Crippen LogP contribution >= 0.6 is 0 Å². The first-order valence-corrected chi connectivity index (χ1v) is 7.26. The van der Waals surface area contributed by atoms with Crippen LogP contribution in [0.1, 0.15) is 12.0 Å². The fraction of sp³-hybridized carbons (Fsp3) is 0.438. The van der Waals surface area contributed by atoms with Gasteiger partial charge in [-0.15, -0.1) is 0 Å². The van der Waals surface area contributed by atoms with Crippen molar-refractivity contribution in [1.29, 1.82) is 0 Å². The summed E-state index contributed by atoms with van der Waals surface area (Å²) < 4.78 is 0. The largest absolute Gasteiger partial charge is 0.480 e. The van der Waals surface area contributed by atoms with Gasteiger partial charge in [0.25, 0.3) is 0 Å². The molecule has 22 heavy (non-hydrogen) atoms. The number of rotatable bonds is 6. The predicted molar refractivity (Wildman–Crippen MR) is 80.1 cm³/mol. The Bertz CT molecular complexity index is 559. The lowest BCUT2D eigenvalue weighted by molar-refractivity contribution is -0.145. The lowest BCUT2D eigenvalue weighted by Crippen LogP contribution is -2.38. The molecule has 0 bridgehead atoms. The average Bonchev–Trinajstić information content (AvgIpc) is 2.86. The number of amides is 2. The number of likely N-dealkylation sites (tertiary alicyclic amines) is 1. The molecule has 0 spiro atoms. The van der Waals surface area contributed by atoms with Crippen molar-refractivity contribution < 1.29 is 19.5 Å². The molecule has 1 aliphatic rings. The molecule has 2 rings (SSSR count). The van der Waals surface area contributed by atoms with Crippen molar-refractivity contribution in [1.82, 2.24) is 9.80 Å². The summed E-state index contributed by atoms with van der Waals surface area (Å²) in [5.41, 5.74) is 1.15. The van der Waals surface area contributed by atoms with Gasteiger partial charge in [-0.05, 0) is 12.0 Å². The highest BCUT2D eigenvalue weighted by Crippen LogP contribution is 2.20. The van der Waals surface area contributed by atoms with Crippen molar-refractivity contribution in [3.8, 4) is 0 Å². The molecular weight excluding hydrogens is 284 g/mol. The van der Waals surface area contributed by atoms with Crippen LogP contribution in [0.2, 0.25) is 0 Å². The van der Waals surface area contributed by atoms with E-state index in [2.05, 4.69) is 0 Å². The second-order valence-electron chi connectivity index (χ2n) is 5.56. The molecule has 1 N–H and O–H groups in total. The summed E-state index contributed by atoms with van der Waals surface area (Å²) in [7, 11) is 1.45.